The molecule has 0 aliphatic carbocycles. The van der Waals surface area contributed by atoms with Crippen LogP contribution in [0.15, 0.2) is 41.3 Å². The summed E-state index contributed by atoms with van der Waals surface area (Å²) in [6.07, 6.45) is 0. The summed E-state index contributed by atoms with van der Waals surface area (Å²) in [4.78, 5) is -0.0706. The lowest BCUT2D eigenvalue weighted by molar-refractivity contribution is 0.473. The third-order valence-corrected chi connectivity index (χ3v) is 4.95. The monoisotopic (exact) mass is 341 g/mol. The molecule has 3 aromatic rings. The Kier molecular flexibility index (Phi) is 3.44. The summed E-state index contributed by atoms with van der Waals surface area (Å²) in [5, 5.41) is 9.62. The van der Waals surface area contributed by atoms with Crippen LogP contribution in [0.2, 0.25) is 5.02 Å². The maximum atomic E-state index is 12.3. The van der Waals surface area contributed by atoms with Gasteiger partial charge in [-0.2, -0.15) is 8.75 Å². The standard InChI is InChI=1S/C12H8ClN3O3S2/c13-9-4-5-10-12(15-20-14-10)11(9)16-21(18,19)8-3-1-2-7(17)6-8/h1-6,16-17H. The summed E-state index contributed by atoms with van der Waals surface area (Å²) < 4.78 is 35.2. The van der Waals surface area contributed by atoms with E-state index in [1.54, 1.807) is 12.1 Å². The van der Waals surface area contributed by atoms with Crippen molar-refractivity contribution in [1.29, 1.82) is 0 Å². The van der Waals surface area contributed by atoms with Crippen molar-refractivity contribution >= 4 is 50.1 Å². The van der Waals surface area contributed by atoms with Crippen LogP contribution in [0.1, 0.15) is 0 Å². The zero-order valence-corrected chi connectivity index (χ0v) is 12.7. The van der Waals surface area contributed by atoms with Gasteiger partial charge < -0.3 is 5.11 Å². The molecule has 0 radical (unpaired) electrons. The molecule has 21 heavy (non-hydrogen) atoms. The van der Waals surface area contributed by atoms with Gasteiger partial charge in [0.25, 0.3) is 10.0 Å². The van der Waals surface area contributed by atoms with Gasteiger partial charge in [-0.15, -0.1) is 0 Å². The van der Waals surface area contributed by atoms with Crippen molar-refractivity contribution in [2.24, 2.45) is 0 Å². The number of phenols is 1. The summed E-state index contributed by atoms with van der Waals surface area (Å²) in [6.45, 7) is 0. The molecule has 0 saturated carbocycles. The van der Waals surface area contributed by atoms with Crippen molar-refractivity contribution < 1.29 is 13.5 Å². The molecule has 0 aliphatic rings. The number of aromatic hydroxyl groups is 1. The zero-order valence-electron chi connectivity index (χ0n) is 10.3. The van der Waals surface area contributed by atoms with Gasteiger partial charge in [0, 0.05) is 6.07 Å². The molecule has 9 heteroatoms. The minimum Gasteiger partial charge on any atom is -0.508 e. The number of fused-ring (bicyclic) bond motifs is 1. The lowest BCUT2D eigenvalue weighted by Gasteiger charge is -2.10. The summed E-state index contributed by atoms with van der Waals surface area (Å²) in [5.74, 6) is -0.141. The quantitative estimate of drug-likeness (QED) is 0.764. The highest BCUT2D eigenvalue weighted by molar-refractivity contribution is 7.92. The smallest absolute Gasteiger partial charge is 0.262 e. The normalized spacial score (nSPS) is 11.7. The van der Waals surface area contributed by atoms with Crippen LogP contribution in [-0.4, -0.2) is 22.3 Å². The van der Waals surface area contributed by atoms with Gasteiger partial charge in [0.2, 0.25) is 0 Å². The van der Waals surface area contributed by atoms with Crippen molar-refractivity contribution in [3.63, 3.8) is 0 Å². The van der Waals surface area contributed by atoms with Crippen LogP contribution in [-0.2, 0) is 10.0 Å². The zero-order chi connectivity index (χ0) is 15.0. The van der Waals surface area contributed by atoms with Crippen LogP contribution < -0.4 is 4.72 Å². The molecule has 0 spiro atoms. The molecule has 0 unspecified atom stereocenters. The van der Waals surface area contributed by atoms with E-state index in [0.717, 1.165) is 17.8 Å². The molecule has 3 rings (SSSR count). The molecule has 2 aromatic carbocycles. The second-order valence-electron chi connectivity index (χ2n) is 4.16. The predicted octanol–water partition coefficient (Wildman–Crippen LogP) is 2.85. The first-order valence-electron chi connectivity index (χ1n) is 5.70. The lowest BCUT2D eigenvalue weighted by Crippen LogP contribution is -2.13. The molecule has 108 valence electrons. The van der Waals surface area contributed by atoms with Crippen molar-refractivity contribution in [3.8, 4) is 5.75 Å². The fourth-order valence-corrected chi connectivity index (χ4v) is 3.69. The molecule has 0 bridgehead atoms. The number of hydrogen-bond donors (Lipinski definition) is 2. The minimum atomic E-state index is -3.89. The van der Waals surface area contributed by atoms with Crippen LogP contribution >= 0.6 is 23.3 Å². The second-order valence-corrected chi connectivity index (χ2v) is 6.78. The van der Waals surface area contributed by atoms with Gasteiger partial charge in [0.15, 0.2) is 0 Å². The lowest BCUT2D eigenvalue weighted by atomic mass is 10.3. The van der Waals surface area contributed by atoms with E-state index in [-0.39, 0.29) is 21.4 Å². The van der Waals surface area contributed by atoms with Crippen molar-refractivity contribution in [2.75, 3.05) is 4.72 Å². The number of anilines is 1. The number of sulfonamides is 1. The van der Waals surface area contributed by atoms with Crippen LogP contribution in [0, 0.1) is 0 Å². The highest BCUT2D eigenvalue weighted by Gasteiger charge is 2.19. The topological polar surface area (TPSA) is 92.2 Å². The van der Waals surface area contributed by atoms with Crippen molar-refractivity contribution in [1.82, 2.24) is 8.75 Å². The molecular formula is C12H8ClN3O3S2. The van der Waals surface area contributed by atoms with Crippen LogP contribution in [0.4, 0.5) is 5.69 Å². The number of aromatic nitrogens is 2. The molecule has 0 aliphatic heterocycles. The molecule has 1 heterocycles. The van der Waals surface area contributed by atoms with E-state index >= 15 is 0 Å². The number of halogens is 1. The Morgan fingerprint density at radius 2 is 2.00 bits per heavy atom. The summed E-state index contributed by atoms with van der Waals surface area (Å²) in [6, 6.07) is 8.55. The molecule has 0 fully saturated rings. The number of rotatable bonds is 3. The van der Waals surface area contributed by atoms with E-state index in [2.05, 4.69) is 13.5 Å². The van der Waals surface area contributed by atoms with Crippen molar-refractivity contribution in [2.45, 2.75) is 4.90 Å². The highest BCUT2D eigenvalue weighted by Crippen LogP contribution is 2.32. The van der Waals surface area contributed by atoms with E-state index < -0.39 is 10.0 Å². The number of nitrogens with zero attached hydrogens (tertiary/aromatic N) is 2. The average Bonchev–Trinajstić information content (AvgIpc) is 2.91. The Balaban J connectivity index is 2.09. The third-order valence-electron chi connectivity index (χ3n) is 2.74. The summed E-state index contributed by atoms with van der Waals surface area (Å²) in [7, 11) is -3.89. The minimum absolute atomic E-state index is 0.0706. The number of benzene rings is 2. The fraction of sp³-hybridized carbons (Fsp3) is 0. The molecular weight excluding hydrogens is 334 g/mol. The van der Waals surface area contributed by atoms with Gasteiger partial charge in [0.05, 0.1) is 27.3 Å². The van der Waals surface area contributed by atoms with Gasteiger partial charge in [-0.05, 0) is 24.3 Å². The van der Waals surface area contributed by atoms with Gasteiger partial charge >= 0.3 is 0 Å². The number of hydrogen-bond acceptors (Lipinski definition) is 6. The molecule has 6 nitrogen and oxygen atoms in total. The second kappa shape index (κ2) is 5.14. The molecule has 0 amide bonds. The Bertz CT molecular complexity index is 924. The first kappa shape index (κ1) is 14.1. The molecule has 1 aromatic heterocycles. The van der Waals surface area contributed by atoms with Gasteiger partial charge in [0.1, 0.15) is 16.8 Å². The number of phenolic OH excluding ortho intramolecular Hbond substituents is 1. The Morgan fingerprint density at radius 3 is 2.76 bits per heavy atom. The van der Waals surface area contributed by atoms with Gasteiger partial charge in [-0.3, -0.25) is 4.72 Å². The van der Waals surface area contributed by atoms with E-state index in [9.17, 15) is 13.5 Å². The van der Waals surface area contributed by atoms with E-state index in [4.69, 9.17) is 11.6 Å². The largest absolute Gasteiger partial charge is 0.508 e. The Labute approximate surface area is 129 Å². The van der Waals surface area contributed by atoms with Crippen LogP contribution in [0.25, 0.3) is 11.0 Å². The fourth-order valence-electron chi connectivity index (χ4n) is 1.77. The predicted molar refractivity (Wildman–Crippen MR) is 81.3 cm³/mol. The first-order chi connectivity index (χ1) is 9.97. The maximum absolute atomic E-state index is 12.3. The van der Waals surface area contributed by atoms with E-state index in [0.29, 0.717) is 11.0 Å². The van der Waals surface area contributed by atoms with E-state index in [1.165, 1.54) is 18.2 Å². The number of nitrogens with one attached hydrogen (secondary N) is 1. The third kappa shape index (κ3) is 2.65. The first-order valence-corrected chi connectivity index (χ1v) is 8.29. The Hall–Kier alpha value is -1.90. The van der Waals surface area contributed by atoms with Crippen LogP contribution in [0.5, 0.6) is 5.75 Å². The van der Waals surface area contributed by atoms with Crippen molar-refractivity contribution in [3.05, 3.63) is 41.4 Å². The molecule has 2 N–H and O–H groups in total. The molecule has 0 saturated heterocycles. The van der Waals surface area contributed by atoms with Gasteiger partial charge in [-0.1, -0.05) is 17.7 Å². The van der Waals surface area contributed by atoms with Gasteiger partial charge in [-0.25, -0.2) is 8.42 Å². The Morgan fingerprint density at radius 1 is 1.19 bits per heavy atom. The molecule has 0 atom stereocenters. The highest BCUT2D eigenvalue weighted by atomic mass is 35.5. The summed E-state index contributed by atoms with van der Waals surface area (Å²) in [5.41, 5.74) is 1.11. The SMILES string of the molecule is O=S(=O)(Nc1c(Cl)ccc2nsnc12)c1cccc(O)c1. The average molecular weight is 342 g/mol. The van der Waals surface area contributed by atoms with Crippen LogP contribution in [0.3, 0.4) is 0 Å². The maximum Gasteiger partial charge on any atom is 0.262 e. The summed E-state index contributed by atoms with van der Waals surface area (Å²) >= 11 is 7.01. The van der Waals surface area contributed by atoms with E-state index in [1.807, 2.05) is 0 Å².